The number of benzene rings is 1. The highest BCUT2D eigenvalue weighted by Gasteiger charge is 2.12. The van der Waals surface area contributed by atoms with E-state index in [1.807, 2.05) is 31.2 Å². The number of hydrogen-bond donors (Lipinski definition) is 0. The van der Waals surface area contributed by atoms with Crippen LogP contribution in [0.5, 0.6) is 0 Å². The molecule has 0 bridgehead atoms. The highest BCUT2D eigenvalue weighted by molar-refractivity contribution is 5.94. The smallest absolute Gasteiger partial charge is 0.254 e. The van der Waals surface area contributed by atoms with Gasteiger partial charge < -0.3 is 4.90 Å². The van der Waals surface area contributed by atoms with Gasteiger partial charge in [-0.05, 0) is 19.1 Å². The molecule has 0 N–H and O–H groups in total. The first-order valence-corrected chi connectivity index (χ1v) is 5.26. The van der Waals surface area contributed by atoms with Crippen LogP contribution in [0.3, 0.4) is 0 Å². The molecule has 0 heterocycles. The minimum atomic E-state index is 0.0171. The highest BCUT2D eigenvalue weighted by Crippen LogP contribution is 2.08. The summed E-state index contributed by atoms with van der Waals surface area (Å²) in [7, 11) is 0. The van der Waals surface area contributed by atoms with E-state index in [4.69, 9.17) is 0 Å². The van der Waals surface area contributed by atoms with E-state index in [0.29, 0.717) is 18.7 Å². The molecular weight excluding hydrogens is 198 g/mol. The zero-order valence-corrected chi connectivity index (χ0v) is 9.65. The molecule has 0 saturated heterocycles. The SMILES string of the molecule is C=CCN(CC=C)C(=O)c1cccc(C)c1. The molecule has 1 aromatic rings. The predicted octanol–water partition coefficient (Wildman–Crippen LogP) is 2.81. The maximum absolute atomic E-state index is 12.1. The Hall–Kier alpha value is -1.83. The Bertz CT molecular complexity index is 385. The molecule has 0 unspecified atom stereocenters. The third kappa shape index (κ3) is 3.09. The molecule has 0 spiro atoms. The third-order valence-corrected chi connectivity index (χ3v) is 2.25. The first-order chi connectivity index (χ1) is 7.69. The van der Waals surface area contributed by atoms with Crippen LogP contribution in [-0.4, -0.2) is 23.9 Å². The maximum atomic E-state index is 12.1. The molecule has 1 aromatic carbocycles. The Kier molecular flexibility index (Phi) is 4.52. The van der Waals surface area contributed by atoms with Crippen LogP contribution in [0.4, 0.5) is 0 Å². The van der Waals surface area contributed by atoms with Crippen LogP contribution in [0.15, 0.2) is 49.6 Å². The van der Waals surface area contributed by atoms with Gasteiger partial charge in [-0.15, -0.1) is 13.2 Å². The summed E-state index contributed by atoms with van der Waals surface area (Å²) in [6.45, 7) is 10.4. The van der Waals surface area contributed by atoms with Gasteiger partial charge in [0, 0.05) is 18.7 Å². The fraction of sp³-hybridized carbons (Fsp3) is 0.214. The monoisotopic (exact) mass is 215 g/mol. The second-order valence-electron chi connectivity index (χ2n) is 3.66. The van der Waals surface area contributed by atoms with Gasteiger partial charge in [0.2, 0.25) is 0 Å². The second-order valence-corrected chi connectivity index (χ2v) is 3.66. The number of rotatable bonds is 5. The Balaban J connectivity index is 2.89. The van der Waals surface area contributed by atoms with Crippen molar-refractivity contribution in [2.75, 3.05) is 13.1 Å². The molecule has 0 fully saturated rings. The fourth-order valence-corrected chi connectivity index (χ4v) is 1.51. The molecule has 0 atom stereocenters. The van der Waals surface area contributed by atoms with Crippen molar-refractivity contribution < 1.29 is 4.79 Å². The average Bonchev–Trinajstić information content (AvgIpc) is 2.28. The van der Waals surface area contributed by atoms with Gasteiger partial charge >= 0.3 is 0 Å². The Morgan fingerprint density at radius 1 is 1.31 bits per heavy atom. The van der Waals surface area contributed by atoms with Gasteiger partial charge in [0.25, 0.3) is 5.91 Å². The topological polar surface area (TPSA) is 20.3 Å². The van der Waals surface area contributed by atoms with E-state index in [1.165, 1.54) is 0 Å². The van der Waals surface area contributed by atoms with Crippen molar-refractivity contribution in [3.05, 3.63) is 60.7 Å². The zero-order valence-electron chi connectivity index (χ0n) is 9.65. The fourth-order valence-electron chi connectivity index (χ4n) is 1.51. The van der Waals surface area contributed by atoms with Crippen LogP contribution in [0, 0.1) is 6.92 Å². The van der Waals surface area contributed by atoms with Crippen LogP contribution in [0.2, 0.25) is 0 Å². The van der Waals surface area contributed by atoms with E-state index in [9.17, 15) is 4.79 Å². The summed E-state index contributed by atoms with van der Waals surface area (Å²) in [6.07, 6.45) is 3.44. The molecule has 0 aromatic heterocycles. The normalized spacial score (nSPS) is 9.56. The van der Waals surface area contributed by atoms with Crippen LogP contribution in [0.1, 0.15) is 15.9 Å². The summed E-state index contributed by atoms with van der Waals surface area (Å²) in [4.78, 5) is 13.8. The number of nitrogens with zero attached hydrogens (tertiary/aromatic N) is 1. The van der Waals surface area contributed by atoms with Gasteiger partial charge in [-0.3, -0.25) is 4.79 Å². The molecule has 2 heteroatoms. The molecule has 0 aliphatic heterocycles. The minimum absolute atomic E-state index is 0.0171. The molecule has 0 saturated carbocycles. The van der Waals surface area contributed by atoms with E-state index >= 15 is 0 Å². The van der Waals surface area contributed by atoms with Crippen molar-refractivity contribution in [2.24, 2.45) is 0 Å². The molecule has 0 radical (unpaired) electrons. The summed E-state index contributed by atoms with van der Waals surface area (Å²) in [6, 6.07) is 7.58. The number of carbonyl (C=O) groups excluding carboxylic acids is 1. The van der Waals surface area contributed by atoms with E-state index in [1.54, 1.807) is 17.1 Å². The van der Waals surface area contributed by atoms with Gasteiger partial charge in [0.05, 0.1) is 0 Å². The van der Waals surface area contributed by atoms with E-state index in [2.05, 4.69) is 13.2 Å². The maximum Gasteiger partial charge on any atom is 0.254 e. The Morgan fingerprint density at radius 3 is 2.44 bits per heavy atom. The van der Waals surface area contributed by atoms with E-state index < -0.39 is 0 Å². The predicted molar refractivity (Wildman–Crippen MR) is 67.5 cm³/mol. The summed E-state index contributed by atoms with van der Waals surface area (Å²) in [5, 5.41) is 0. The molecule has 0 aliphatic rings. The molecule has 1 amide bonds. The summed E-state index contributed by atoms with van der Waals surface area (Å²) < 4.78 is 0. The first kappa shape index (κ1) is 12.2. The average molecular weight is 215 g/mol. The molecule has 2 nitrogen and oxygen atoms in total. The largest absolute Gasteiger partial charge is 0.331 e. The lowest BCUT2D eigenvalue weighted by Crippen LogP contribution is -2.31. The van der Waals surface area contributed by atoms with Crippen molar-refractivity contribution >= 4 is 5.91 Å². The summed E-state index contributed by atoms with van der Waals surface area (Å²) >= 11 is 0. The number of aryl methyl sites for hydroxylation is 1. The van der Waals surface area contributed by atoms with E-state index in [-0.39, 0.29) is 5.91 Å². The molecule has 16 heavy (non-hydrogen) atoms. The summed E-state index contributed by atoms with van der Waals surface area (Å²) in [5.74, 6) is 0.0171. The van der Waals surface area contributed by atoms with Crippen LogP contribution < -0.4 is 0 Å². The standard InChI is InChI=1S/C14H17NO/c1-4-9-15(10-5-2)14(16)13-8-6-7-12(3)11-13/h4-8,11H,1-2,9-10H2,3H3. The number of carbonyl (C=O) groups is 1. The van der Waals surface area contributed by atoms with Crippen molar-refractivity contribution in [3.8, 4) is 0 Å². The van der Waals surface area contributed by atoms with E-state index in [0.717, 1.165) is 5.56 Å². The molecular formula is C14H17NO. The molecule has 84 valence electrons. The number of hydrogen-bond acceptors (Lipinski definition) is 1. The lowest BCUT2D eigenvalue weighted by atomic mass is 10.1. The van der Waals surface area contributed by atoms with Crippen molar-refractivity contribution in [1.29, 1.82) is 0 Å². The number of amides is 1. The van der Waals surface area contributed by atoms with Gasteiger partial charge in [0.1, 0.15) is 0 Å². The molecule has 1 rings (SSSR count). The van der Waals surface area contributed by atoms with Gasteiger partial charge in [-0.2, -0.15) is 0 Å². The minimum Gasteiger partial charge on any atom is -0.331 e. The highest BCUT2D eigenvalue weighted by atomic mass is 16.2. The van der Waals surface area contributed by atoms with Crippen molar-refractivity contribution in [3.63, 3.8) is 0 Å². The molecule has 0 aliphatic carbocycles. The Labute approximate surface area is 96.9 Å². The van der Waals surface area contributed by atoms with Crippen molar-refractivity contribution in [1.82, 2.24) is 4.90 Å². The second kappa shape index (κ2) is 5.91. The summed E-state index contributed by atoms with van der Waals surface area (Å²) in [5.41, 5.74) is 1.80. The van der Waals surface area contributed by atoms with Crippen LogP contribution in [0.25, 0.3) is 0 Å². The van der Waals surface area contributed by atoms with Crippen LogP contribution >= 0.6 is 0 Å². The van der Waals surface area contributed by atoms with Crippen LogP contribution in [-0.2, 0) is 0 Å². The van der Waals surface area contributed by atoms with Crippen molar-refractivity contribution in [2.45, 2.75) is 6.92 Å². The Morgan fingerprint density at radius 2 is 1.94 bits per heavy atom. The third-order valence-electron chi connectivity index (χ3n) is 2.25. The van der Waals surface area contributed by atoms with Gasteiger partial charge in [-0.1, -0.05) is 29.8 Å². The quantitative estimate of drug-likeness (QED) is 0.692. The van der Waals surface area contributed by atoms with Gasteiger partial charge in [0.15, 0.2) is 0 Å². The first-order valence-electron chi connectivity index (χ1n) is 5.26. The zero-order chi connectivity index (χ0) is 12.0. The van der Waals surface area contributed by atoms with Gasteiger partial charge in [-0.25, -0.2) is 0 Å². The lowest BCUT2D eigenvalue weighted by molar-refractivity contribution is 0.0791. The lowest BCUT2D eigenvalue weighted by Gasteiger charge is -2.19.